The summed E-state index contributed by atoms with van der Waals surface area (Å²) >= 11 is 0. The predicted octanol–water partition coefficient (Wildman–Crippen LogP) is 3.02. The van der Waals surface area contributed by atoms with Gasteiger partial charge in [-0.15, -0.1) is 0 Å². The number of anilines is 1. The summed E-state index contributed by atoms with van der Waals surface area (Å²) in [5.41, 5.74) is 3.80. The number of hydrogen-bond donors (Lipinski definition) is 2. The lowest BCUT2D eigenvalue weighted by atomic mass is 9.90. The molecule has 1 aromatic heterocycles. The first-order valence-electron chi connectivity index (χ1n) is 7.06. The van der Waals surface area contributed by atoms with Gasteiger partial charge in [0.2, 0.25) is 10.0 Å². The molecule has 0 aliphatic carbocycles. The van der Waals surface area contributed by atoms with Gasteiger partial charge in [-0.1, -0.05) is 13.0 Å². The highest BCUT2D eigenvalue weighted by Gasteiger charge is 2.17. The molecule has 2 aromatic rings. The largest absolute Gasteiger partial charge is 0.351 e. The number of hydrogen-bond acceptors (Lipinski definition) is 3. The van der Waals surface area contributed by atoms with Crippen molar-refractivity contribution in [2.24, 2.45) is 0 Å². The molecule has 1 atom stereocenters. The summed E-state index contributed by atoms with van der Waals surface area (Å²) in [6.45, 7) is 5.75. The number of aromatic nitrogens is 2. The highest BCUT2D eigenvalue weighted by atomic mass is 32.2. The molecule has 0 bridgehead atoms. The Morgan fingerprint density at radius 1 is 1.33 bits per heavy atom. The SMILES string of the molecule is CCC(c1c[nH]cn1)c1cc(NS(=O)(=O)CC)ccc1C. The van der Waals surface area contributed by atoms with Crippen molar-refractivity contribution in [2.45, 2.75) is 33.1 Å². The third-order valence-corrected chi connectivity index (χ3v) is 4.90. The van der Waals surface area contributed by atoms with Crippen LogP contribution < -0.4 is 4.72 Å². The van der Waals surface area contributed by atoms with E-state index in [0.717, 1.165) is 23.2 Å². The van der Waals surface area contributed by atoms with Gasteiger partial charge in [-0.3, -0.25) is 4.72 Å². The molecule has 0 saturated carbocycles. The molecule has 5 nitrogen and oxygen atoms in total. The number of imidazole rings is 1. The molecule has 0 amide bonds. The van der Waals surface area contributed by atoms with E-state index in [9.17, 15) is 8.42 Å². The number of rotatable bonds is 6. The van der Waals surface area contributed by atoms with Crippen molar-refractivity contribution >= 4 is 15.7 Å². The highest BCUT2D eigenvalue weighted by molar-refractivity contribution is 7.92. The van der Waals surface area contributed by atoms with Crippen molar-refractivity contribution in [1.29, 1.82) is 0 Å². The maximum Gasteiger partial charge on any atom is 0.232 e. The third-order valence-electron chi connectivity index (χ3n) is 3.59. The van der Waals surface area contributed by atoms with Crippen LogP contribution in [0.15, 0.2) is 30.7 Å². The number of H-pyrrole nitrogens is 1. The summed E-state index contributed by atoms with van der Waals surface area (Å²) in [6.07, 6.45) is 4.45. The highest BCUT2D eigenvalue weighted by Crippen LogP contribution is 2.30. The minimum Gasteiger partial charge on any atom is -0.351 e. The van der Waals surface area contributed by atoms with Crippen LogP contribution in [0.4, 0.5) is 5.69 Å². The van der Waals surface area contributed by atoms with Crippen LogP contribution in [-0.2, 0) is 10.0 Å². The number of nitrogens with zero attached hydrogens (tertiary/aromatic N) is 1. The molecule has 2 N–H and O–H groups in total. The van der Waals surface area contributed by atoms with Crippen LogP contribution in [0.25, 0.3) is 0 Å². The maximum atomic E-state index is 11.7. The second-order valence-corrected chi connectivity index (χ2v) is 7.04. The Hall–Kier alpha value is -1.82. The molecular weight excluding hydrogens is 286 g/mol. The fourth-order valence-electron chi connectivity index (χ4n) is 2.38. The van der Waals surface area contributed by atoms with Crippen molar-refractivity contribution in [2.75, 3.05) is 10.5 Å². The molecule has 1 unspecified atom stereocenters. The second kappa shape index (κ2) is 6.30. The molecule has 0 saturated heterocycles. The zero-order chi connectivity index (χ0) is 15.5. The number of sulfonamides is 1. The van der Waals surface area contributed by atoms with Crippen LogP contribution in [0.3, 0.4) is 0 Å². The predicted molar refractivity (Wildman–Crippen MR) is 85.0 cm³/mol. The second-order valence-electron chi connectivity index (χ2n) is 5.03. The first kappa shape index (κ1) is 15.6. The van der Waals surface area contributed by atoms with E-state index in [1.807, 2.05) is 25.3 Å². The molecule has 0 aliphatic rings. The lowest BCUT2D eigenvalue weighted by Gasteiger charge is -2.17. The van der Waals surface area contributed by atoms with Gasteiger partial charge in [-0.25, -0.2) is 13.4 Å². The van der Waals surface area contributed by atoms with Gasteiger partial charge < -0.3 is 4.98 Å². The van der Waals surface area contributed by atoms with Crippen LogP contribution in [0.1, 0.15) is 43.0 Å². The standard InChI is InChI=1S/C15H21N3O2S/c1-4-13(15-9-16-10-17-15)14-8-12(7-6-11(14)3)18-21(19,20)5-2/h6-10,13,18H,4-5H2,1-3H3,(H,16,17). The summed E-state index contributed by atoms with van der Waals surface area (Å²) in [5, 5.41) is 0. The smallest absolute Gasteiger partial charge is 0.232 e. The van der Waals surface area contributed by atoms with Crippen molar-refractivity contribution < 1.29 is 8.42 Å². The Bertz CT molecular complexity index is 694. The van der Waals surface area contributed by atoms with Gasteiger partial charge in [-0.2, -0.15) is 0 Å². The van der Waals surface area contributed by atoms with E-state index >= 15 is 0 Å². The Kier molecular flexibility index (Phi) is 4.67. The van der Waals surface area contributed by atoms with E-state index in [2.05, 4.69) is 21.6 Å². The van der Waals surface area contributed by atoms with Crippen molar-refractivity contribution in [1.82, 2.24) is 9.97 Å². The van der Waals surface area contributed by atoms with Gasteiger partial charge in [0.15, 0.2) is 0 Å². The van der Waals surface area contributed by atoms with E-state index in [1.54, 1.807) is 19.3 Å². The minimum absolute atomic E-state index is 0.0623. The summed E-state index contributed by atoms with van der Waals surface area (Å²) in [7, 11) is -3.26. The first-order chi connectivity index (χ1) is 9.96. The zero-order valence-electron chi connectivity index (χ0n) is 12.6. The molecule has 0 fully saturated rings. The first-order valence-corrected chi connectivity index (χ1v) is 8.71. The molecule has 0 radical (unpaired) electrons. The fraction of sp³-hybridized carbons (Fsp3) is 0.400. The number of nitrogens with one attached hydrogen (secondary N) is 2. The topological polar surface area (TPSA) is 74.8 Å². The summed E-state index contributed by atoms with van der Waals surface area (Å²) in [5.74, 6) is 0.217. The maximum absolute atomic E-state index is 11.7. The molecule has 6 heteroatoms. The molecular formula is C15H21N3O2S. The monoisotopic (exact) mass is 307 g/mol. The number of aromatic amines is 1. The van der Waals surface area contributed by atoms with Gasteiger partial charge in [0.1, 0.15) is 0 Å². The van der Waals surface area contributed by atoms with Crippen molar-refractivity contribution in [3.63, 3.8) is 0 Å². The van der Waals surface area contributed by atoms with Gasteiger partial charge in [0.25, 0.3) is 0 Å². The Morgan fingerprint density at radius 2 is 2.10 bits per heavy atom. The van der Waals surface area contributed by atoms with Crippen molar-refractivity contribution in [3.05, 3.63) is 47.5 Å². The Morgan fingerprint density at radius 3 is 2.67 bits per heavy atom. The molecule has 1 heterocycles. The zero-order valence-corrected chi connectivity index (χ0v) is 13.4. The molecule has 0 aliphatic heterocycles. The fourth-order valence-corrected chi connectivity index (χ4v) is 3.01. The molecule has 0 spiro atoms. The van der Waals surface area contributed by atoms with E-state index in [-0.39, 0.29) is 11.7 Å². The van der Waals surface area contributed by atoms with Gasteiger partial charge >= 0.3 is 0 Å². The van der Waals surface area contributed by atoms with Crippen LogP contribution in [0.5, 0.6) is 0 Å². The number of aryl methyl sites for hydroxylation is 1. The summed E-state index contributed by atoms with van der Waals surface area (Å²) < 4.78 is 26.0. The molecule has 1 aromatic carbocycles. The van der Waals surface area contributed by atoms with Crippen LogP contribution in [0.2, 0.25) is 0 Å². The average molecular weight is 307 g/mol. The van der Waals surface area contributed by atoms with Gasteiger partial charge in [-0.05, 0) is 43.5 Å². The average Bonchev–Trinajstić information content (AvgIpc) is 2.97. The number of benzene rings is 1. The van der Waals surface area contributed by atoms with Crippen LogP contribution in [-0.4, -0.2) is 24.1 Å². The summed E-state index contributed by atoms with van der Waals surface area (Å²) in [6, 6.07) is 5.65. The van der Waals surface area contributed by atoms with Gasteiger partial charge in [0, 0.05) is 17.8 Å². The minimum atomic E-state index is -3.26. The van der Waals surface area contributed by atoms with Crippen LogP contribution >= 0.6 is 0 Å². The van der Waals surface area contributed by atoms with Crippen LogP contribution in [0, 0.1) is 6.92 Å². The van der Waals surface area contributed by atoms with E-state index < -0.39 is 10.0 Å². The summed E-state index contributed by atoms with van der Waals surface area (Å²) in [4.78, 5) is 7.30. The van der Waals surface area contributed by atoms with E-state index in [1.165, 1.54) is 0 Å². The quantitative estimate of drug-likeness (QED) is 0.861. The lowest BCUT2D eigenvalue weighted by Crippen LogP contribution is -2.15. The third kappa shape index (κ3) is 3.64. The Balaban J connectivity index is 2.39. The van der Waals surface area contributed by atoms with E-state index in [0.29, 0.717) is 5.69 Å². The van der Waals surface area contributed by atoms with Gasteiger partial charge in [0.05, 0.1) is 17.8 Å². The molecule has 114 valence electrons. The lowest BCUT2D eigenvalue weighted by molar-refractivity contribution is 0.602. The molecule has 2 rings (SSSR count). The normalized spacial score (nSPS) is 13.1. The molecule has 21 heavy (non-hydrogen) atoms. The van der Waals surface area contributed by atoms with E-state index in [4.69, 9.17) is 0 Å². The Labute approximate surface area is 125 Å². The van der Waals surface area contributed by atoms with Crippen molar-refractivity contribution in [3.8, 4) is 0 Å².